The highest BCUT2D eigenvalue weighted by molar-refractivity contribution is 6.31. The topological polar surface area (TPSA) is 125 Å². The first-order valence-corrected chi connectivity index (χ1v) is 10.5. The standard InChI is InChI=1S/C23H19ClN6O4/c1-14-21(30(33)34)15(2)29(26-14)13-28-11-10-20(27-28)23(32)25-19-9-8-17(24)12-18(19)22(31)16-6-4-3-5-7-16/h3-12H,13H2,1-2H3,(H,25,32). The Morgan fingerprint density at radius 3 is 2.50 bits per heavy atom. The monoisotopic (exact) mass is 478 g/mol. The number of benzene rings is 2. The fourth-order valence-electron chi connectivity index (χ4n) is 3.53. The van der Waals surface area contributed by atoms with Crippen LogP contribution in [-0.2, 0) is 6.67 Å². The van der Waals surface area contributed by atoms with Crippen LogP contribution in [0.4, 0.5) is 11.4 Å². The third-order valence-corrected chi connectivity index (χ3v) is 5.42. The predicted molar refractivity (Wildman–Crippen MR) is 125 cm³/mol. The molecule has 0 fully saturated rings. The van der Waals surface area contributed by atoms with Gasteiger partial charge >= 0.3 is 5.69 Å². The number of nitro groups is 1. The number of anilines is 1. The Bertz CT molecular complexity index is 1410. The van der Waals surface area contributed by atoms with Crippen LogP contribution in [0.3, 0.4) is 0 Å². The summed E-state index contributed by atoms with van der Waals surface area (Å²) in [6.07, 6.45) is 1.56. The van der Waals surface area contributed by atoms with Gasteiger partial charge in [-0.05, 0) is 38.1 Å². The molecule has 0 aliphatic rings. The molecule has 2 aromatic carbocycles. The predicted octanol–water partition coefficient (Wildman–Crippen LogP) is 4.25. The number of nitrogens with zero attached hydrogens (tertiary/aromatic N) is 5. The van der Waals surface area contributed by atoms with Gasteiger partial charge in [-0.2, -0.15) is 10.2 Å². The summed E-state index contributed by atoms with van der Waals surface area (Å²) in [7, 11) is 0. The average Bonchev–Trinajstić information content (AvgIpc) is 3.39. The first-order chi connectivity index (χ1) is 16.2. The van der Waals surface area contributed by atoms with Crippen LogP contribution in [0.1, 0.15) is 37.8 Å². The summed E-state index contributed by atoms with van der Waals surface area (Å²) < 4.78 is 2.88. The van der Waals surface area contributed by atoms with E-state index in [1.165, 1.54) is 21.5 Å². The van der Waals surface area contributed by atoms with Crippen molar-refractivity contribution in [2.24, 2.45) is 0 Å². The van der Waals surface area contributed by atoms with Crippen LogP contribution in [0.2, 0.25) is 5.02 Å². The molecule has 0 saturated carbocycles. The lowest BCUT2D eigenvalue weighted by molar-refractivity contribution is -0.386. The molecule has 0 aliphatic carbocycles. The summed E-state index contributed by atoms with van der Waals surface area (Å²) >= 11 is 6.10. The van der Waals surface area contributed by atoms with Crippen molar-refractivity contribution in [2.75, 3.05) is 5.32 Å². The molecule has 0 unspecified atom stereocenters. The van der Waals surface area contributed by atoms with Crippen LogP contribution in [0.5, 0.6) is 0 Å². The van der Waals surface area contributed by atoms with Gasteiger partial charge in [-0.1, -0.05) is 41.9 Å². The first kappa shape index (κ1) is 22.9. The van der Waals surface area contributed by atoms with Gasteiger partial charge in [0.2, 0.25) is 0 Å². The maximum atomic E-state index is 13.0. The molecule has 2 heterocycles. The molecular weight excluding hydrogens is 460 g/mol. The third-order valence-electron chi connectivity index (χ3n) is 5.19. The quantitative estimate of drug-likeness (QED) is 0.240. The Morgan fingerprint density at radius 1 is 1.09 bits per heavy atom. The second-order valence-electron chi connectivity index (χ2n) is 7.50. The highest BCUT2D eigenvalue weighted by Crippen LogP contribution is 2.25. The summed E-state index contributed by atoms with van der Waals surface area (Å²) in [5.41, 5.74) is 1.74. The van der Waals surface area contributed by atoms with E-state index < -0.39 is 10.8 Å². The number of rotatable bonds is 7. The third kappa shape index (κ3) is 4.57. The van der Waals surface area contributed by atoms with Gasteiger partial charge in [-0.25, -0.2) is 4.68 Å². The molecule has 2 aromatic heterocycles. The van der Waals surface area contributed by atoms with Crippen molar-refractivity contribution >= 4 is 34.7 Å². The Kier molecular flexibility index (Phi) is 6.24. The number of hydrogen-bond acceptors (Lipinski definition) is 6. The number of halogens is 1. The number of aryl methyl sites for hydroxylation is 1. The molecule has 4 rings (SSSR count). The molecule has 11 heteroatoms. The number of ketones is 1. The van der Waals surface area contributed by atoms with E-state index in [2.05, 4.69) is 15.5 Å². The minimum absolute atomic E-state index is 0.0523. The van der Waals surface area contributed by atoms with E-state index in [0.29, 0.717) is 27.7 Å². The number of carbonyl (C=O) groups excluding carboxylic acids is 2. The summed E-state index contributed by atoms with van der Waals surface area (Å²) in [6.45, 7) is 3.25. The molecule has 10 nitrogen and oxygen atoms in total. The van der Waals surface area contributed by atoms with Crippen LogP contribution in [0.15, 0.2) is 60.8 Å². The smallest absolute Gasteiger partial charge is 0.312 e. The maximum absolute atomic E-state index is 13.0. The van der Waals surface area contributed by atoms with E-state index >= 15 is 0 Å². The Morgan fingerprint density at radius 2 is 1.82 bits per heavy atom. The van der Waals surface area contributed by atoms with Gasteiger partial charge in [0, 0.05) is 22.3 Å². The lowest BCUT2D eigenvalue weighted by atomic mass is 10.0. The summed E-state index contributed by atoms with van der Waals surface area (Å²) in [5.74, 6) is -0.808. The van der Waals surface area contributed by atoms with Crippen molar-refractivity contribution < 1.29 is 14.5 Å². The zero-order chi connectivity index (χ0) is 24.4. The summed E-state index contributed by atoms with van der Waals surface area (Å²) in [4.78, 5) is 36.5. The van der Waals surface area contributed by atoms with Gasteiger partial charge in [0.25, 0.3) is 5.91 Å². The number of carbonyl (C=O) groups is 2. The normalized spacial score (nSPS) is 10.8. The fourth-order valence-corrected chi connectivity index (χ4v) is 3.70. The van der Waals surface area contributed by atoms with E-state index in [0.717, 1.165) is 0 Å². The van der Waals surface area contributed by atoms with Crippen LogP contribution >= 0.6 is 11.6 Å². The molecule has 0 saturated heterocycles. The Labute approximate surface area is 198 Å². The van der Waals surface area contributed by atoms with Gasteiger partial charge < -0.3 is 5.32 Å². The van der Waals surface area contributed by atoms with Gasteiger partial charge in [-0.15, -0.1) is 0 Å². The lowest BCUT2D eigenvalue weighted by Crippen LogP contribution is -2.17. The van der Waals surface area contributed by atoms with Crippen LogP contribution < -0.4 is 5.32 Å². The molecule has 1 amide bonds. The molecule has 172 valence electrons. The minimum atomic E-state index is -0.525. The fraction of sp³-hybridized carbons (Fsp3) is 0.130. The molecular formula is C23H19ClN6O4. The second kappa shape index (κ2) is 9.28. The summed E-state index contributed by atoms with van der Waals surface area (Å²) in [6, 6.07) is 14.8. The van der Waals surface area contributed by atoms with Crippen molar-refractivity contribution in [3.05, 3.63) is 104 Å². The highest BCUT2D eigenvalue weighted by atomic mass is 35.5. The van der Waals surface area contributed by atoms with Gasteiger partial charge in [0.05, 0.1) is 10.6 Å². The largest absolute Gasteiger partial charge is 0.320 e. The minimum Gasteiger partial charge on any atom is -0.320 e. The van der Waals surface area contributed by atoms with Crippen molar-refractivity contribution in [1.29, 1.82) is 0 Å². The number of amides is 1. The SMILES string of the molecule is Cc1nn(Cn2ccc(C(=O)Nc3ccc(Cl)cc3C(=O)c3ccccc3)n2)c(C)c1[N+](=O)[O-]. The van der Waals surface area contributed by atoms with Crippen molar-refractivity contribution in [1.82, 2.24) is 19.6 Å². The van der Waals surface area contributed by atoms with Gasteiger partial charge in [0.1, 0.15) is 18.1 Å². The van der Waals surface area contributed by atoms with Gasteiger partial charge in [-0.3, -0.25) is 24.4 Å². The molecule has 0 atom stereocenters. The van der Waals surface area contributed by atoms with E-state index in [-0.39, 0.29) is 29.4 Å². The Hall–Kier alpha value is -4.31. The summed E-state index contributed by atoms with van der Waals surface area (Å²) in [5, 5.41) is 22.7. The average molecular weight is 479 g/mol. The van der Waals surface area contributed by atoms with E-state index in [1.54, 1.807) is 62.5 Å². The first-order valence-electron chi connectivity index (χ1n) is 10.2. The number of hydrogen-bond donors (Lipinski definition) is 1. The lowest BCUT2D eigenvalue weighted by Gasteiger charge is -2.10. The maximum Gasteiger partial charge on any atom is 0.312 e. The zero-order valence-electron chi connectivity index (χ0n) is 18.2. The number of aromatic nitrogens is 4. The molecule has 4 aromatic rings. The molecule has 34 heavy (non-hydrogen) atoms. The highest BCUT2D eigenvalue weighted by Gasteiger charge is 2.22. The molecule has 1 N–H and O–H groups in total. The van der Waals surface area contributed by atoms with E-state index in [1.807, 2.05) is 0 Å². The van der Waals surface area contributed by atoms with Gasteiger partial charge in [0.15, 0.2) is 11.5 Å². The van der Waals surface area contributed by atoms with E-state index in [4.69, 9.17) is 11.6 Å². The number of nitrogens with one attached hydrogen (secondary N) is 1. The van der Waals surface area contributed by atoms with Crippen LogP contribution in [0, 0.1) is 24.0 Å². The molecule has 0 bridgehead atoms. The Balaban J connectivity index is 1.55. The van der Waals surface area contributed by atoms with E-state index in [9.17, 15) is 19.7 Å². The molecule has 0 spiro atoms. The molecule has 0 radical (unpaired) electrons. The van der Waals surface area contributed by atoms with Crippen molar-refractivity contribution in [3.63, 3.8) is 0 Å². The zero-order valence-corrected chi connectivity index (χ0v) is 19.0. The second-order valence-corrected chi connectivity index (χ2v) is 7.93. The molecule has 0 aliphatic heterocycles. The van der Waals surface area contributed by atoms with Crippen LogP contribution in [0.25, 0.3) is 0 Å². The van der Waals surface area contributed by atoms with Crippen LogP contribution in [-0.4, -0.2) is 36.2 Å². The van der Waals surface area contributed by atoms with Crippen molar-refractivity contribution in [3.8, 4) is 0 Å². The van der Waals surface area contributed by atoms with Crippen molar-refractivity contribution in [2.45, 2.75) is 20.5 Å².